The minimum atomic E-state index is 0.177. The average Bonchev–Trinajstić information content (AvgIpc) is 2.38. The number of hydrogen-bond donors (Lipinski definition) is 0. The zero-order chi connectivity index (χ0) is 14.0. The third kappa shape index (κ3) is 3.11. The van der Waals surface area contributed by atoms with Crippen molar-refractivity contribution in [2.45, 2.75) is 39.0 Å². The van der Waals surface area contributed by atoms with Crippen LogP contribution in [0.3, 0.4) is 0 Å². The minimum Gasteiger partial charge on any atom is -0.339 e. The summed E-state index contributed by atoms with van der Waals surface area (Å²) >= 11 is 6.15. The van der Waals surface area contributed by atoms with Crippen LogP contribution in [0.5, 0.6) is 0 Å². The third-order valence-electron chi connectivity index (χ3n) is 4.17. The molecular formula is C16H22ClNO. The first-order valence-electron chi connectivity index (χ1n) is 7.00. The van der Waals surface area contributed by atoms with Crippen LogP contribution in [0.1, 0.15) is 41.3 Å². The van der Waals surface area contributed by atoms with Gasteiger partial charge in [-0.25, -0.2) is 0 Å². The van der Waals surface area contributed by atoms with Crippen LogP contribution in [0.2, 0.25) is 0 Å². The highest BCUT2D eigenvalue weighted by atomic mass is 35.5. The number of nitrogens with zero attached hydrogens (tertiary/aromatic N) is 1. The second-order valence-electron chi connectivity index (χ2n) is 5.57. The fraction of sp³-hybridized carbons (Fsp3) is 0.562. The molecule has 3 heteroatoms. The SMILES string of the molecule is Cc1cccc(C)c1C(=O)N1CCC(C(C)Cl)CC1. The second-order valence-corrected chi connectivity index (χ2v) is 6.26. The van der Waals surface area contributed by atoms with E-state index < -0.39 is 0 Å². The summed E-state index contributed by atoms with van der Waals surface area (Å²) in [5, 5.41) is 0.206. The molecule has 1 aliphatic heterocycles. The molecule has 0 spiro atoms. The van der Waals surface area contributed by atoms with Crippen molar-refractivity contribution in [2.24, 2.45) is 5.92 Å². The highest BCUT2D eigenvalue weighted by molar-refractivity contribution is 6.20. The first-order valence-corrected chi connectivity index (χ1v) is 7.44. The molecule has 1 unspecified atom stereocenters. The molecule has 1 amide bonds. The van der Waals surface area contributed by atoms with Crippen LogP contribution in [0.4, 0.5) is 0 Å². The Kier molecular flexibility index (Phi) is 4.51. The summed E-state index contributed by atoms with van der Waals surface area (Å²) in [7, 11) is 0. The van der Waals surface area contributed by atoms with Gasteiger partial charge in [0.2, 0.25) is 0 Å². The van der Waals surface area contributed by atoms with E-state index in [-0.39, 0.29) is 11.3 Å². The van der Waals surface area contributed by atoms with Crippen molar-refractivity contribution in [3.8, 4) is 0 Å². The second kappa shape index (κ2) is 5.96. The van der Waals surface area contributed by atoms with Gasteiger partial charge in [-0.15, -0.1) is 11.6 Å². The Bertz CT molecular complexity index is 442. The summed E-state index contributed by atoms with van der Waals surface area (Å²) < 4.78 is 0. The Hall–Kier alpha value is -1.02. The van der Waals surface area contributed by atoms with Gasteiger partial charge >= 0.3 is 0 Å². The van der Waals surface area contributed by atoms with E-state index in [1.54, 1.807) is 0 Å². The quantitative estimate of drug-likeness (QED) is 0.755. The van der Waals surface area contributed by atoms with Crippen molar-refractivity contribution >= 4 is 17.5 Å². The van der Waals surface area contributed by atoms with Crippen molar-refractivity contribution in [1.29, 1.82) is 0 Å². The number of alkyl halides is 1. The van der Waals surface area contributed by atoms with E-state index in [1.165, 1.54) is 0 Å². The molecule has 1 saturated heterocycles. The number of benzene rings is 1. The topological polar surface area (TPSA) is 20.3 Å². The standard InChI is InChI=1S/C16H22ClNO/c1-11-5-4-6-12(2)15(11)16(19)18-9-7-14(8-10-18)13(3)17/h4-6,13-14H,7-10H2,1-3H3. The van der Waals surface area contributed by atoms with E-state index >= 15 is 0 Å². The molecule has 2 rings (SSSR count). The first-order chi connectivity index (χ1) is 9.00. The van der Waals surface area contributed by atoms with Gasteiger partial charge in [-0.05, 0) is 50.7 Å². The summed E-state index contributed by atoms with van der Waals surface area (Å²) in [6, 6.07) is 6.02. The molecule has 1 heterocycles. The van der Waals surface area contributed by atoms with Crippen molar-refractivity contribution < 1.29 is 4.79 Å². The molecule has 2 nitrogen and oxygen atoms in total. The van der Waals surface area contributed by atoms with Gasteiger partial charge in [0.1, 0.15) is 0 Å². The van der Waals surface area contributed by atoms with Gasteiger partial charge in [0, 0.05) is 24.0 Å². The number of hydrogen-bond acceptors (Lipinski definition) is 1. The van der Waals surface area contributed by atoms with E-state index in [1.807, 2.05) is 36.9 Å². The van der Waals surface area contributed by atoms with Crippen molar-refractivity contribution in [1.82, 2.24) is 4.90 Å². The predicted octanol–water partition coefficient (Wildman–Crippen LogP) is 3.78. The fourth-order valence-corrected chi connectivity index (χ4v) is 3.12. The van der Waals surface area contributed by atoms with E-state index in [4.69, 9.17) is 11.6 Å². The number of likely N-dealkylation sites (tertiary alicyclic amines) is 1. The molecule has 1 atom stereocenters. The molecular weight excluding hydrogens is 258 g/mol. The lowest BCUT2D eigenvalue weighted by Gasteiger charge is -2.33. The maximum Gasteiger partial charge on any atom is 0.254 e. The number of carbonyl (C=O) groups excluding carboxylic acids is 1. The van der Waals surface area contributed by atoms with Crippen LogP contribution in [-0.4, -0.2) is 29.3 Å². The number of amides is 1. The van der Waals surface area contributed by atoms with Crippen LogP contribution in [0.25, 0.3) is 0 Å². The largest absolute Gasteiger partial charge is 0.339 e. The van der Waals surface area contributed by atoms with E-state index in [2.05, 4.69) is 6.92 Å². The number of carbonyl (C=O) groups is 1. The van der Waals surface area contributed by atoms with Crippen LogP contribution in [0.15, 0.2) is 18.2 Å². The smallest absolute Gasteiger partial charge is 0.254 e. The molecule has 1 aromatic carbocycles. The minimum absolute atomic E-state index is 0.177. The number of rotatable bonds is 2. The molecule has 0 N–H and O–H groups in total. The molecule has 1 aliphatic rings. The summed E-state index contributed by atoms with van der Waals surface area (Å²) in [5.41, 5.74) is 3.01. The van der Waals surface area contributed by atoms with Crippen LogP contribution in [0, 0.1) is 19.8 Å². The molecule has 1 fully saturated rings. The van der Waals surface area contributed by atoms with E-state index in [9.17, 15) is 4.79 Å². The maximum atomic E-state index is 12.6. The lowest BCUT2D eigenvalue weighted by Crippen LogP contribution is -2.40. The zero-order valence-electron chi connectivity index (χ0n) is 11.9. The highest BCUT2D eigenvalue weighted by Crippen LogP contribution is 2.26. The van der Waals surface area contributed by atoms with Gasteiger partial charge in [-0.2, -0.15) is 0 Å². The summed E-state index contributed by atoms with van der Waals surface area (Å²) in [4.78, 5) is 14.6. The molecule has 0 bridgehead atoms. The van der Waals surface area contributed by atoms with Gasteiger partial charge < -0.3 is 4.90 Å². The van der Waals surface area contributed by atoms with Crippen molar-refractivity contribution in [2.75, 3.05) is 13.1 Å². The Labute approximate surface area is 120 Å². The van der Waals surface area contributed by atoms with Gasteiger partial charge in [-0.1, -0.05) is 18.2 Å². The Balaban J connectivity index is 2.10. The number of aryl methyl sites for hydroxylation is 2. The lowest BCUT2D eigenvalue weighted by molar-refractivity contribution is 0.0688. The average molecular weight is 280 g/mol. The monoisotopic (exact) mass is 279 g/mol. The molecule has 0 aromatic heterocycles. The van der Waals surface area contributed by atoms with Crippen molar-refractivity contribution in [3.05, 3.63) is 34.9 Å². The summed E-state index contributed by atoms with van der Waals surface area (Å²) in [6.45, 7) is 7.72. The van der Waals surface area contributed by atoms with Crippen LogP contribution >= 0.6 is 11.6 Å². The van der Waals surface area contributed by atoms with Crippen molar-refractivity contribution in [3.63, 3.8) is 0 Å². The fourth-order valence-electron chi connectivity index (χ4n) is 2.87. The molecule has 104 valence electrons. The molecule has 0 aliphatic carbocycles. The van der Waals surface area contributed by atoms with E-state index in [0.29, 0.717) is 5.92 Å². The van der Waals surface area contributed by atoms with E-state index in [0.717, 1.165) is 42.6 Å². The predicted molar refractivity (Wildman–Crippen MR) is 79.9 cm³/mol. The summed E-state index contributed by atoms with van der Waals surface area (Å²) in [5.74, 6) is 0.722. The van der Waals surface area contributed by atoms with Gasteiger partial charge in [0.05, 0.1) is 0 Å². The molecule has 19 heavy (non-hydrogen) atoms. The number of piperidine rings is 1. The van der Waals surface area contributed by atoms with Crippen LogP contribution < -0.4 is 0 Å². The molecule has 0 radical (unpaired) electrons. The van der Waals surface area contributed by atoms with Crippen LogP contribution in [-0.2, 0) is 0 Å². The Morgan fingerprint density at radius 3 is 2.26 bits per heavy atom. The van der Waals surface area contributed by atoms with Gasteiger partial charge in [0.15, 0.2) is 0 Å². The normalized spacial score (nSPS) is 18.4. The Morgan fingerprint density at radius 1 is 1.26 bits per heavy atom. The summed E-state index contributed by atoms with van der Waals surface area (Å²) in [6.07, 6.45) is 2.03. The highest BCUT2D eigenvalue weighted by Gasteiger charge is 2.27. The zero-order valence-corrected chi connectivity index (χ0v) is 12.7. The number of halogens is 1. The van der Waals surface area contributed by atoms with Gasteiger partial charge in [-0.3, -0.25) is 4.79 Å². The third-order valence-corrected chi connectivity index (χ3v) is 4.53. The maximum absolute atomic E-state index is 12.6. The first kappa shape index (κ1) is 14.4. The molecule has 1 aromatic rings. The van der Waals surface area contributed by atoms with Gasteiger partial charge in [0.25, 0.3) is 5.91 Å². The Morgan fingerprint density at radius 2 is 1.79 bits per heavy atom. The lowest BCUT2D eigenvalue weighted by atomic mass is 9.93. The molecule has 0 saturated carbocycles.